The highest BCUT2D eigenvalue weighted by Crippen LogP contribution is 2.35. The van der Waals surface area contributed by atoms with Gasteiger partial charge in [-0.25, -0.2) is 9.07 Å². The van der Waals surface area contributed by atoms with Gasteiger partial charge in [0.15, 0.2) is 0 Å². The monoisotopic (exact) mass is 515 g/mol. The van der Waals surface area contributed by atoms with Crippen LogP contribution in [0, 0.1) is 5.82 Å². The number of carbonyl (C=O) groups is 1. The molecule has 0 bridgehead atoms. The fraction of sp³-hybridized carbons (Fsp3) is 0.107. The Balaban J connectivity index is 1.50. The molecule has 4 aromatic rings. The quantitative estimate of drug-likeness (QED) is 0.208. The van der Waals surface area contributed by atoms with Gasteiger partial charge in [-0.3, -0.25) is 9.69 Å². The second kappa shape index (κ2) is 10.5. The molecule has 0 N–H and O–H groups in total. The lowest BCUT2D eigenvalue weighted by molar-refractivity contribution is -0.121. The smallest absolute Gasteiger partial charge is 0.266 e. The molecule has 1 aromatic heterocycles. The van der Waals surface area contributed by atoms with Crippen LogP contribution < -0.4 is 4.74 Å². The van der Waals surface area contributed by atoms with E-state index in [-0.39, 0.29) is 11.7 Å². The summed E-state index contributed by atoms with van der Waals surface area (Å²) in [6.45, 7) is 2.75. The number of aromatic nitrogens is 2. The summed E-state index contributed by atoms with van der Waals surface area (Å²) in [5.74, 6) is 0.287. The number of para-hydroxylation sites is 1. The van der Waals surface area contributed by atoms with Gasteiger partial charge in [0.25, 0.3) is 5.91 Å². The third-order valence-corrected chi connectivity index (χ3v) is 7.04. The van der Waals surface area contributed by atoms with Crippen molar-refractivity contribution >= 4 is 40.3 Å². The number of rotatable bonds is 7. The Kier molecular flexibility index (Phi) is 6.97. The van der Waals surface area contributed by atoms with Gasteiger partial charge in [0.05, 0.1) is 10.6 Å². The average molecular weight is 516 g/mol. The molecule has 1 amide bonds. The van der Waals surface area contributed by atoms with Crippen LogP contribution in [0.1, 0.15) is 18.1 Å². The largest absolute Gasteiger partial charge is 0.489 e. The van der Waals surface area contributed by atoms with E-state index >= 15 is 0 Å². The van der Waals surface area contributed by atoms with E-state index < -0.39 is 0 Å². The second-order valence-corrected chi connectivity index (χ2v) is 9.76. The molecule has 1 aliphatic rings. The minimum Gasteiger partial charge on any atom is -0.489 e. The molecule has 0 spiro atoms. The normalized spacial score (nSPS) is 14.6. The topological polar surface area (TPSA) is 47.4 Å². The Morgan fingerprint density at radius 2 is 1.83 bits per heavy atom. The minimum absolute atomic E-state index is 0.0951. The van der Waals surface area contributed by atoms with Crippen molar-refractivity contribution < 1.29 is 13.9 Å². The Bertz CT molecular complexity index is 1450. The molecule has 3 aromatic carbocycles. The summed E-state index contributed by atoms with van der Waals surface area (Å²) in [5, 5.41) is 4.85. The van der Waals surface area contributed by atoms with Crippen molar-refractivity contribution in [2.24, 2.45) is 0 Å². The van der Waals surface area contributed by atoms with E-state index in [0.717, 1.165) is 22.4 Å². The summed E-state index contributed by atoms with van der Waals surface area (Å²) in [7, 11) is 0. The van der Waals surface area contributed by atoms with Crippen LogP contribution in [0.15, 0.2) is 90.0 Å². The molecule has 36 heavy (non-hydrogen) atoms. The zero-order valence-corrected chi connectivity index (χ0v) is 21.1. The fourth-order valence-electron chi connectivity index (χ4n) is 3.82. The van der Waals surface area contributed by atoms with Gasteiger partial charge < -0.3 is 4.74 Å². The molecule has 0 radical (unpaired) electrons. The van der Waals surface area contributed by atoms with E-state index in [9.17, 15) is 9.18 Å². The number of hydrogen-bond donors (Lipinski definition) is 0. The van der Waals surface area contributed by atoms with Crippen molar-refractivity contribution in [1.29, 1.82) is 0 Å². The third kappa shape index (κ3) is 5.10. The van der Waals surface area contributed by atoms with Gasteiger partial charge in [-0.1, -0.05) is 66.4 Å². The van der Waals surface area contributed by atoms with E-state index in [4.69, 9.17) is 22.1 Å². The van der Waals surface area contributed by atoms with Crippen LogP contribution in [0.25, 0.3) is 23.0 Å². The molecule has 1 aliphatic heterocycles. The van der Waals surface area contributed by atoms with Crippen molar-refractivity contribution in [3.63, 3.8) is 0 Å². The maximum absolute atomic E-state index is 13.2. The van der Waals surface area contributed by atoms with E-state index in [2.05, 4.69) is 0 Å². The standard InChI is InChI=1S/C28H22FN3O2S2/c1-2-31-27(33)25(36-28(31)35)16-21-17-32(23-8-4-3-5-9-23)30-26(21)20-7-6-10-24(15-20)34-18-19-11-13-22(29)14-12-19/h3-17H,2,18H2,1H3/b25-16-. The van der Waals surface area contributed by atoms with Crippen molar-refractivity contribution in [1.82, 2.24) is 14.7 Å². The molecule has 1 saturated heterocycles. The zero-order valence-electron chi connectivity index (χ0n) is 19.4. The summed E-state index contributed by atoms with van der Waals surface area (Å²) in [6, 6.07) is 23.7. The maximum atomic E-state index is 13.2. The van der Waals surface area contributed by atoms with Crippen molar-refractivity contribution in [3.8, 4) is 22.7 Å². The molecule has 0 unspecified atom stereocenters. The summed E-state index contributed by atoms with van der Waals surface area (Å²) in [6.07, 6.45) is 3.76. The number of likely N-dealkylation sites (N-methyl/N-ethyl adjacent to an activating group) is 1. The molecule has 0 saturated carbocycles. The molecule has 0 aliphatic carbocycles. The highest BCUT2D eigenvalue weighted by molar-refractivity contribution is 8.26. The molecule has 0 atom stereocenters. The summed E-state index contributed by atoms with van der Waals surface area (Å²) in [5.41, 5.74) is 4.13. The van der Waals surface area contributed by atoms with Crippen LogP contribution >= 0.6 is 24.0 Å². The Morgan fingerprint density at radius 1 is 1.06 bits per heavy atom. The van der Waals surface area contributed by atoms with E-state index in [0.29, 0.717) is 33.8 Å². The number of hydrogen-bond acceptors (Lipinski definition) is 5. The third-order valence-electron chi connectivity index (χ3n) is 5.67. The zero-order chi connectivity index (χ0) is 25.1. The number of halogens is 1. The number of amides is 1. The van der Waals surface area contributed by atoms with Crippen molar-refractivity contribution in [2.75, 3.05) is 6.54 Å². The highest BCUT2D eigenvalue weighted by Gasteiger charge is 2.31. The lowest BCUT2D eigenvalue weighted by atomic mass is 10.1. The van der Waals surface area contributed by atoms with Crippen molar-refractivity contribution in [2.45, 2.75) is 13.5 Å². The van der Waals surface area contributed by atoms with Crippen LogP contribution in [0.3, 0.4) is 0 Å². The Hall–Kier alpha value is -3.75. The molecule has 1 fully saturated rings. The van der Waals surface area contributed by atoms with Gasteiger partial charge in [-0.05, 0) is 55.0 Å². The van der Waals surface area contributed by atoms with Gasteiger partial charge in [0.1, 0.15) is 28.2 Å². The lowest BCUT2D eigenvalue weighted by Crippen LogP contribution is -2.27. The summed E-state index contributed by atoms with van der Waals surface area (Å²) in [4.78, 5) is 15.0. The lowest BCUT2D eigenvalue weighted by Gasteiger charge is -2.09. The number of ether oxygens (including phenoxy) is 1. The fourth-order valence-corrected chi connectivity index (χ4v) is 5.20. The van der Waals surface area contributed by atoms with Gasteiger partial charge >= 0.3 is 0 Å². The first-order chi connectivity index (χ1) is 17.5. The number of nitrogens with zero attached hydrogens (tertiary/aromatic N) is 3. The van der Waals surface area contributed by atoms with Gasteiger partial charge in [-0.15, -0.1) is 0 Å². The highest BCUT2D eigenvalue weighted by atomic mass is 32.2. The van der Waals surface area contributed by atoms with E-state index in [1.807, 2.05) is 73.8 Å². The predicted molar refractivity (Wildman–Crippen MR) is 145 cm³/mol. The minimum atomic E-state index is -0.280. The van der Waals surface area contributed by atoms with Gasteiger partial charge in [0.2, 0.25) is 0 Å². The molecular weight excluding hydrogens is 493 g/mol. The first kappa shape index (κ1) is 24.0. The molecule has 5 nitrogen and oxygen atoms in total. The summed E-state index contributed by atoms with van der Waals surface area (Å²) < 4.78 is 21.5. The maximum Gasteiger partial charge on any atom is 0.266 e. The molecule has 180 valence electrons. The van der Waals surface area contributed by atoms with Crippen LogP contribution in [-0.4, -0.2) is 31.5 Å². The first-order valence-electron chi connectivity index (χ1n) is 11.4. The van der Waals surface area contributed by atoms with E-state index in [1.54, 1.807) is 21.7 Å². The first-order valence-corrected chi connectivity index (χ1v) is 12.6. The average Bonchev–Trinajstić information content (AvgIpc) is 3.44. The summed E-state index contributed by atoms with van der Waals surface area (Å²) >= 11 is 6.68. The molecule has 8 heteroatoms. The number of thioether (sulfide) groups is 1. The Morgan fingerprint density at radius 3 is 2.56 bits per heavy atom. The molecule has 2 heterocycles. The van der Waals surface area contributed by atoms with Crippen LogP contribution in [0.4, 0.5) is 4.39 Å². The van der Waals surface area contributed by atoms with Crippen LogP contribution in [-0.2, 0) is 11.4 Å². The van der Waals surface area contributed by atoms with Crippen LogP contribution in [0.5, 0.6) is 5.75 Å². The second-order valence-electron chi connectivity index (χ2n) is 8.08. The van der Waals surface area contributed by atoms with E-state index in [1.165, 1.54) is 23.9 Å². The number of benzene rings is 3. The predicted octanol–water partition coefficient (Wildman–Crippen LogP) is 6.48. The number of carbonyl (C=O) groups excluding carboxylic acids is 1. The Labute approximate surface area is 218 Å². The van der Waals surface area contributed by atoms with Gasteiger partial charge in [0, 0.05) is 23.9 Å². The van der Waals surface area contributed by atoms with Crippen molar-refractivity contribution in [3.05, 3.63) is 107 Å². The van der Waals surface area contributed by atoms with Crippen LogP contribution in [0.2, 0.25) is 0 Å². The number of thiocarbonyl (C=S) groups is 1. The SMILES string of the molecule is CCN1C(=O)/C(=C/c2cn(-c3ccccc3)nc2-c2cccc(OCc3ccc(F)cc3)c2)SC1=S. The molecular formula is C28H22FN3O2S2. The van der Waals surface area contributed by atoms with Gasteiger partial charge in [-0.2, -0.15) is 5.10 Å². The molecule has 5 rings (SSSR count).